The molecular formula is C20H19O4PS. The fraction of sp³-hybridized carbons (Fsp3) is 0.100. The van der Waals surface area contributed by atoms with Crippen LogP contribution in [0, 0.1) is 13.8 Å². The lowest BCUT2D eigenvalue weighted by molar-refractivity contribution is 0.284. The van der Waals surface area contributed by atoms with Crippen LogP contribution >= 0.6 is 19.2 Å². The Hall–Kier alpha value is -2.17. The lowest BCUT2D eigenvalue weighted by Crippen LogP contribution is -1.90. The normalized spacial score (nSPS) is 11.2. The van der Waals surface area contributed by atoms with Crippen molar-refractivity contribution >= 4 is 39.3 Å². The topological polar surface area (TPSA) is 66.8 Å². The zero-order valence-corrected chi connectivity index (χ0v) is 16.1. The SMILES string of the molecule is Cc1ccc(C)cc1.O=P(O)(O)Oc1cccc2sc3ccccc3c12. The van der Waals surface area contributed by atoms with E-state index in [-0.39, 0.29) is 5.75 Å². The first-order chi connectivity index (χ1) is 12.3. The zero-order chi connectivity index (χ0) is 18.7. The van der Waals surface area contributed by atoms with Crippen molar-refractivity contribution < 1.29 is 18.9 Å². The van der Waals surface area contributed by atoms with Crippen molar-refractivity contribution in [1.29, 1.82) is 0 Å². The van der Waals surface area contributed by atoms with Gasteiger partial charge in [-0.15, -0.1) is 11.3 Å². The molecule has 0 bridgehead atoms. The van der Waals surface area contributed by atoms with Crippen LogP contribution in [0.15, 0.2) is 66.7 Å². The van der Waals surface area contributed by atoms with E-state index in [4.69, 9.17) is 14.3 Å². The Morgan fingerprint density at radius 3 is 2.00 bits per heavy atom. The summed E-state index contributed by atoms with van der Waals surface area (Å²) in [6, 6.07) is 21.4. The molecule has 0 aliphatic rings. The van der Waals surface area contributed by atoms with Gasteiger partial charge in [0.15, 0.2) is 0 Å². The third kappa shape index (κ3) is 4.51. The fourth-order valence-corrected chi connectivity index (χ4v) is 4.11. The standard InChI is InChI=1S/C12H9O4PS.C8H10/c13-17(14,15)16-9-5-3-7-11-12(9)8-4-1-2-6-10(8)18-11;1-7-3-5-8(2)6-4-7/h1-7H,(H2,13,14,15);3-6H,1-2H3. The van der Waals surface area contributed by atoms with E-state index >= 15 is 0 Å². The molecule has 4 aromatic rings. The number of phosphoric ester groups is 1. The molecule has 0 aliphatic carbocycles. The molecule has 134 valence electrons. The quantitative estimate of drug-likeness (QED) is 0.425. The van der Waals surface area contributed by atoms with Gasteiger partial charge in [-0.3, -0.25) is 9.79 Å². The van der Waals surface area contributed by atoms with E-state index in [0.29, 0.717) is 0 Å². The summed E-state index contributed by atoms with van der Waals surface area (Å²) in [7, 11) is -4.54. The largest absolute Gasteiger partial charge is 0.524 e. The molecule has 0 spiro atoms. The maximum atomic E-state index is 11.0. The Kier molecular flexibility index (Phi) is 5.44. The van der Waals surface area contributed by atoms with Crippen LogP contribution in [0.1, 0.15) is 11.1 Å². The predicted octanol–water partition coefficient (Wildman–Crippen LogP) is 5.83. The summed E-state index contributed by atoms with van der Waals surface area (Å²) in [6.07, 6.45) is 0. The molecule has 4 nitrogen and oxygen atoms in total. The maximum Gasteiger partial charge on any atom is 0.524 e. The minimum absolute atomic E-state index is 0.221. The summed E-state index contributed by atoms with van der Waals surface area (Å²) in [5.74, 6) is 0.221. The summed E-state index contributed by atoms with van der Waals surface area (Å²) in [5, 5.41) is 1.70. The van der Waals surface area contributed by atoms with Crippen LogP contribution in [-0.2, 0) is 4.57 Å². The average Bonchev–Trinajstić information content (AvgIpc) is 2.96. The molecule has 0 saturated heterocycles. The summed E-state index contributed by atoms with van der Waals surface area (Å²) >= 11 is 1.57. The third-order valence-electron chi connectivity index (χ3n) is 3.80. The highest BCUT2D eigenvalue weighted by atomic mass is 32.1. The predicted molar refractivity (Wildman–Crippen MR) is 108 cm³/mol. The van der Waals surface area contributed by atoms with Crippen LogP contribution in [0.25, 0.3) is 20.2 Å². The lowest BCUT2D eigenvalue weighted by Gasteiger charge is -2.07. The molecule has 0 amide bonds. The first kappa shape index (κ1) is 18.6. The number of hydrogen-bond donors (Lipinski definition) is 2. The second kappa shape index (κ2) is 7.60. The molecule has 6 heteroatoms. The van der Waals surface area contributed by atoms with Crippen molar-refractivity contribution in [2.24, 2.45) is 0 Å². The van der Waals surface area contributed by atoms with Crippen LogP contribution in [-0.4, -0.2) is 9.79 Å². The molecule has 3 aromatic carbocycles. The van der Waals surface area contributed by atoms with Gasteiger partial charge in [0.2, 0.25) is 0 Å². The van der Waals surface area contributed by atoms with E-state index in [1.165, 1.54) is 11.1 Å². The van der Waals surface area contributed by atoms with E-state index in [1.54, 1.807) is 23.5 Å². The van der Waals surface area contributed by atoms with E-state index in [1.807, 2.05) is 30.3 Å². The Labute approximate surface area is 155 Å². The van der Waals surface area contributed by atoms with Gasteiger partial charge in [-0.25, -0.2) is 4.57 Å². The molecule has 1 heterocycles. The van der Waals surface area contributed by atoms with Crippen molar-refractivity contribution in [3.63, 3.8) is 0 Å². The summed E-state index contributed by atoms with van der Waals surface area (Å²) < 4.78 is 17.7. The van der Waals surface area contributed by atoms with Gasteiger partial charge in [0.25, 0.3) is 0 Å². The van der Waals surface area contributed by atoms with Crippen molar-refractivity contribution in [2.75, 3.05) is 0 Å². The van der Waals surface area contributed by atoms with Gasteiger partial charge in [0.1, 0.15) is 5.75 Å². The van der Waals surface area contributed by atoms with E-state index in [0.717, 1.165) is 20.2 Å². The van der Waals surface area contributed by atoms with E-state index < -0.39 is 7.82 Å². The number of aryl methyl sites for hydroxylation is 2. The second-order valence-corrected chi connectivity index (χ2v) is 8.21. The Bertz CT molecular complexity index is 1060. The number of fused-ring (bicyclic) bond motifs is 3. The van der Waals surface area contributed by atoms with Gasteiger partial charge in [0, 0.05) is 20.2 Å². The third-order valence-corrected chi connectivity index (χ3v) is 5.37. The summed E-state index contributed by atoms with van der Waals surface area (Å²) in [4.78, 5) is 17.9. The number of rotatable bonds is 2. The summed E-state index contributed by atoms with van der Waals surface area (Å²) in [6.45, 7) is 4.19. The van der Waals surface area contributed by atoms with Gasteiger partial charge >= 0.3 is 7.82 Å². The van der Waals surface area contributed by atoms with E-state index in [2.05, 4.69) is 38.1 Å². The Morgan fingerprint density at radius 1 is 0.808 bits per heavy atom. The van der Waals surface area contributed by atoms with Crippen LogP contribution in [0.3, 0.4) is 0 Å². The molecule has 1 aromatic heterocycles. The van der Waals surface area contributed by atoms with Gasteiger partial charge in [-0.05, 0) is 32.0 Å². The molecule has 0 aliphatic heterocycles. The van der Waals surface area contributed by atoms with Crippen LogP contribution < -0.4 is 4.52 Å². The highest BCUT2D eigenvalue weighted by molar-refractivity contribution is 7.46. The molecule has 0 saturated carbocycles. The minimum Gasteiger partial charge on any atom is -0.404 e. The lowest BCUT2D eigenvalue weighted by atomic mass is 10.1. The number of phosphoric acid groups is 1. The van der Waals surface area contributed by atoms with Gasteiger partial charge < -0.3 is 4.52 Å². The van der Waals surface area contributed by atoms with Crippen LogP contribution in [0.2, 0.25) is 0 Å². The highest BCUT2D eigenvalue weighted by Crippen LogP contribution is 2.45. The van der Waals surface area contributed by atoms with Gasteiger partial charge in [-0.1, -0.05) is 59.7 Å². The molecule has 26 heavy (non-hydrogen) atoms. The van der Waals surface area contributed by atoms with Gasteiger partial charge in [-0.2, -0.15) is 0 Å². The molecule has 2 N–H and O–H groups in total. The average molecular weight is 386 g/mol. The molecule has 4 rings (SSSR count). The molecular weight excluding hydrogens is 367 g/mol. The van der Waals surface area contributed by atoms with Gasteiger partial charge in [0.05, 0.1) is 0 Å². The monoisotopic (exact) mass is 386 g/mol. The summed E-state index contributed by atoms with van der Waals surface area (Å²) in [5.41, 5.74) is 2.66. The van der Waals surface area contributed by atoms with Crippen molar-refractivity contribution in [1.82, 2.24) is 0 Å². The first-order valence-corrected chi connectivity index (χ1v) is 10.4. The van der Waals surface area contributed by atoms with Crippen LogP contribution in [0.5, 0.6) is 5.75 Å². The Morgan fingerprint density at radius 2 is 1.38 bits per heavy atom. The van der Waals surface area contributed by atoms with Crippen LogP contribution in [0.4, 0.5) is 0 Å². The minimum atomic E-state index is -4.54. The second-order valence-electron chi connectivity index (χ2n) is 5.96. The maximum absolute atomic E-state index is 11.0. The molecule has 0 atom stereocenters. The Balaban J connectivity index is 0.000000206. The van der Waals surface area contributed by atoms with E-state index in [9.17, 15) is 4.57 Å². The number of thiophene rings is 1. The molecule has 0 fully saturated rings. The molecule has 0 radical (unpaired) electrons. The zero-order valence-electron chi connectivity index (χ0n) is 14.4. The first-order valence-electron chi connectivity index (χ1n) is 8.02. The molecule has 0 unspecified atom stereocenters. The fourth-order valence-electron chi connectivity index (χ4n) is 2.58. The smallest absolute Gasteiger partial charge is 0.404 e. The number of hydrogen-bond acceptors (Lipinski definition) is 3. The van der Waals surface area contributed by atoms with Crippen molar-refractivity contribution in [3.8, 4) is 5.75 Å². The number of benzene rings is 3. The van der Waals surface area contributed by atoms with Crippen molar-refractivity contribution in [2.45, 2.75) is 13.8 Å². The highest BCUT2D eigenvalue weighted by Gasteiger charge is 2.19. The van der Waals surface area contributed by atoms with Crippen molar-refractivity contribution in [3.05, 3.63) is 77.9 Å².